The van der Waals surface area contributed by atoms with Crippen molar-refractivity contribution < 1.29 is 9.18 Å². The number of carbonyl (C=O) groups is 1. The van der Waals surface area contributed by atoms with Gasteiger partial charge >= 0.3 is 0 Å². The predicted molar refractivity (Wildman–Crippen MR) is 67.6 cm³/mol. The second-order valence-electron chi connectivity index (χ2n) is 4.19. The minimum absolute atomic E-state index is 0.272. The van der Waals surface area contributed by atoms with Gasteiger partial charge < -0.3 is 0 Å². The Morgan fingerprint density at radius 3 is 2.79 bits per heavy atom. The van der Waals surface area contributed by atoms with Crippen LogP contribution in [-0.2, 0) is 6.42 Å². The number of rotatable bonds is 3. The van der Waals surface area contributed by atoms with Gasteiger partial charge in [0.25, 0.3) is 0 Å². The van der Waals surface area contributed by atoms with Crippen molar-refractivity contribution in [2.45, 2.75) is 6.42 Å². The van der Waals surface area contributed by atoms with Gasteiger partial charge in [-0.3, -0.25) is 9.20 Å². The minimum atomic E-state index is -0.272. The number of hydrogen-bond donors (Lipinski definition) is 0. The van der Waals surface area contributed by atoms with Crippen LogP contribution in [0.2, 0.25) is 0 Å². The first-order valence-corrected chi connectivity index (χ1v) is 5.80. The molecule has 0 aliphatic carbocycles. The first kappa shape index (κ1) is 11.5. The van der Waals surface area contributed by atoms with Gasteiger partial charge in [-0.2, -0.15) is 0 Å². The van der Waals surface area contributed by atoms with Crippen LogP contribution in [0.4, 0.5) is 4.39 Å². The van der Waals surface area contributed by atoms with Crippen molar-refractivity contribution >= 4 is 11.9 Å². The zero-order chi connectivity index (χ0) is 13.2. The summed E-state index contributed by atoms with van der Waals surface area (Å²) in [6.45, 7) is 0. The lowest BCUT2D eigenvalue weighted by atomic mass is 10.1. The monoisotopic (exact) mass is 255 g/mol. The summed E-state index contributed by atoms with van der Waals surface area (Å²) in [5.41, 5.74) is 1.72. The molecule has 2 heterocycles. The average molecular weight is 255 g/mol. The summed E-state index contributed by atoms with van der Waals surface area (Å²) >= 11 is 0. The molecule has 0 aliphatic heterocycles. The number of aldehydes is 1. The van der Waals surface area contributed by atoms with Crippen LogP contribution in [-0.4, -0.2) is 20.9 Å². The van der Waals surface area contributed by atoms with Gasteiger partial charge in [0.15, 0.2) is 11.9 Å². The van der Waals surface area contributed by atoms with Crippen LogP contribution < -0.4 is 0 Å². The highest BCUT2D eigenvalue weighted by molar-refractivity contribution is 5.74. The van der Waals surface area contributed by atoms with E-state index >= 15 is 0 Å². The molecule has 0 bridgehead atoms. The van der Waals surface area contributed by atoms with Gasteiger partial charge in [0.05, 0.1) is 0 Å². The molecule has 94 valence electrons. The van der Waals surface area contributed by atoms with Gasteiger partial charge in [0.2, 0.25) is 0 Å². The fourth-order valence-electron chi connectivity index (χ4n) is 1.96. The molecule has 5 heteroatoms. The van der Waals surface area contributed by atoms with Gasteiger partial charge in [0.1, 0.15) is 11.6 Å². The number of hydrogen-bond acceptors (Lipinski definition) is 3. The van der Waals surface area contributed by atoms with Crippen LogP contribution in [0, 0.1) is 5.82 Å². The van der Waals surface area contributed by atoms with Crippen molar-refractivity contribution in [1.29, 1.82) is 0 Å². The van der Waals surface area contributed by atoms with Crippen molar-refractivity contribution in [2.75, 3.05) is 0 Å². The third-order valence-electron chi connectivity index (χ3n) is 2.94. The zero-order valence-electron chi connectivity index (χ0n) is 9.95. The first-order chi connectivity index (χ1) is 9.28. The quantitative estimate of drug-likeness (QED) is 0.674. The number of aromatic nitrogens is 3. The fourth-order valence-corrected chi connectivity index (χ4v) is 1.96. The fraction of sp³-hybridized carbons (Fsp3) is 0.0714. The second kappa shape index (κ2) is 4.61. The Labute approximate surface area is 108 Å². The molecule has 19 heavy (non-hydrogen) atoms. The lowest BCUT2D eigenvalue weighted by Gasteiger charge is -2.02. The van der Waals surface area contributed by atoms with Gasteiger partial charge in [-0.15, -0.1) is 10.2 Å². The van der Waals surface area contributed by atoms with E-state index in [2.05, 4.69) is 10.2 Å². The smallest absolute Gasteiger partial charge is 0.160 e. The van der Waals surface area contributed by atoms with E-state index in [-0.39, 0.29) is 5.82 Å². The van der Waals surface area contributed by atoms with Crippen molar-refractivity contribution in [3.05, 3.63) is 65.4 Å². The molecular formula is C14H10FN3O. The maximum Gasteiger partial charge on any atom is 0.160 e. The highest BCUT2D eigenvalue weighted by Gasteiger charge is 2.09. The number of pyridine rings is 1. The molecule has 0 radical (unpaired) electrons. The molecule has 0 aliphatic rings. The molecule has 0 saturated heterocycles. The van der Waals surface area contributed by atoms with Gasteiger partial charge in [-0.1, -0.05) is 18.2 Å². The third-order valence-corrected chi connectivity index (χ3v) is 2.94. The second-order valence-corrected chi connectivity index (χ2v) is 4.19. The molecule has 0 atom stereocenters. The number of carbonyl (C=O) groups excluding carboxylic acids is 1. The van der Waals surface area contributed by atoms with E-state index in [1.54, 1.807) is 40.9 Å². The summed E-state index contributed by atoms with van der Waals surface area (Å²) in [5.74, 6) is 0.328. The molecule has 1 aromatic carbocycles. The Hall–Kier alpha value is -2.56. The molecule has 4 nitrogen and oxygen atoms in total. The topological polar surface area (TPSA) is 47.3 Å². The van der Waals surface area contributed by atoms with Gasteiger partial charge in [-0.25, -0.2) is 4.39 Å². The molecule has 0 spiro atoms. The Morgan fingerprint density at radius 1 is 1.16 bits per heavy atom. The highest BCUT2D eigenvalue weighted by atomic mass is 19.1. The van der Waals surface area contributed by atoms with E-state index in [9.17, 15) is 9.18 Å². The lowest BCUT2D eigenvalue weighted by molar-refractivity contribution is 0.112. The van der Waals surface area contributed by atoms with Crippen molar-refractivity contribution in [2.24, 2.45) is 0 Å². The van der Waals surface area contributed by atoms with Crippen LogP contribution >= 0.6 is 0 Å². The number of halogens is 1. The minimum Gasteiger partial charge on any atom is -0.298 e. The van der Waals surface area contributed by atoms with Crippen LogP contribution in [0.1, 0.15) is 21.7 Å². The van der Waals surface area contributed by atoms with Crippen molar-refractivity contribution in [3.8, 4) is 0 Å². The molecule has 0 N–H and O–H groups in total. The third kappa shape index (κ3) is 2.10. The van der Waals surface area contributed by atoms with E-state index in [4.69, 9.17) is 0 Å². The van der Waals surface area contributed by atoms with E-state index in [1.165, 1.54) is 6.07 Å². The van der Waals surface area contributed by atoms with E-state index in [0.717, 1.165) is 6.29 Å². The zero-order valence-corrected chi connectivity index (χ0v) is 9.95. The maximum absolute atomic E-state index is 13.6. The Morgan fingerprint density at radius 2 is 2.00 bits per heavy atom. The van der Waals surface area contributed by atoms with Gasteiger partial charge in [0, 0.05) is 18.2 Å². The molecular weight excluding hydrogens is 245 g/mol. The van der Waals surface area contributed by atoms with Crippen LogP contribution in [0.25, 0.3) is 5.65 Å². The molecule has 3 aromatic rings. The molecule has 0 saturated carbocycles. The van der Waals surface area contributed by atoms with E-state index in [1.807, 2.05) is 0 Å². The van der Waals surface area contributed by atoms with Crippen LogP contribution in [0.15, 0.2) is 42.6 Å². The van der Waals surface area contributed by atoms with Crippen molar-refractivity contribution in [3.63, 3.8) is 0 Å². The molecule has 2 aromatic heterocycles. The van der Waals surface area contributed by atoms with Crippen LogP contribution in [0.5, 0.6) is 0 Å². The summed E-state index contributed by atoms with van der Waals surface area (Å²) in [5, 5.41) is 8.03. The number of nitrogens with zero attached hydrogens (tertiary/aromatic N) is 3. The van der Waals surface area contributed by atoms with E-state index < -0.39 is 0 Å². The number of fused-ring (bicyclic) bond motifs is 1. The van der Waals surface area contributed by atoms with Gasteiger partial charge in [-0.05, 0) is 23.8 Å². The Bertz CT molecular complexity index is 751. The molecule has 0 fully saturated rings. The molecule has 3 rings (SSSR count). The largest absolute Gasteiger partial charge is 0.298 e. The number of benzene rings is 1. The lowest BCUT2D eigenvalue weighted by Crippen LogP contribution is -1.99. The van der Waals surface area contributed by atoms with E-state index in [0.29, 0.717) is 29.0 Å². The summed E-state index contributed by atoms with van der Waals surface area (Å²) in [6, 6.07) is 9.92. The average Bonchev–Trinajstić information content (AvgIpc) is 2.84. The molecule has 0 amide bonds. The first-order valence-electron chi connectivity index (χ1n) is 5.80. The maximum atomic E-state index is 13.6. The van der Waals surface area contributed by atoms with Crippen molar-refractivity contribution in [1.82, 2.24) is 14.6 Å². The Kier molecular flexibility index (Phi) is 2.79. The standard InChI is InChI=1S/C14H10FN3O/c15-12-4-2-1-3-11(12)7-14-17-16-13-6-5-10(9-19)8-18(13)14/h1-6,8-9H,7H2. The van der Waals surface area contributed by atoms with Crippen LogP contribution in [0.3, 0.4) is 0 Å². The summed E-state index contributed by atoms with van der Waals surface area (Å²) in [4.78, 5) is 10.8. The highest BCUT2D eigenvalue weighted by Crippen LogP contribution is 2.13. The SMILES string of the molecule is O=Cc1ccc2nnc(Cc3ccccc3F)n2c1. The molecule has 0 unspecified atom stereocenters. The Balaban J connectivity index is 2.06. The summed E-state index contributed by atoms with van der Waals surface area (Å²) in [7, 11) is 0. The summed E-state index contributed by atoms with van der Waals surface area (Å²) < 4.78 is 15.3. The summed E-state index contributed by atoms with van der Waals surface area (Å²) in [6.07, 6.45) is 2.74. The normalized spacial score (nSPS) is 10.8. The predicted octanol–water partition coefficient (Wildman–Crippen LogP) is 2.27.